The molecule has 1 atom stereocenters. The van der Waals surface area contributed by atoms with Gasteiger partial charge >= 0.3 is 11.9 Å². The molecule has 156 valence electrons. The molecule has 0 aliphatic heterocycles. The summed E-state index contributed by atoms with van der Waals surface area (Å²) >= 11 is 0. The van der Waals surface area contributed by atoms with Crippen molar-refractivity contribution in [2.75, 3.05) is 6.61 Å². The molecule has 0 bridgehead atoms. The molecule has 0 aliphatic rings. The number of ether oxygens (including phenoxy) is 1. The van der Waals surface area contributed by atoms with E-state index in [0.29, 0.717) is 6.42 Å². The Kier molecular flexibility index (Phi) is 18.1. The third kappa shape index (κ3) is 17.6. The van der Waals surface area contributed by atoms with E-state index in [1.54, 1.807) is 0 Å². The maximum Gasteiger partial charge on any atom is 0.307 e. The Morgan fingerprint density at radius 1 is 0.926 bits per heavy atom. The first-order valence-electron chi connectivity index (χ1n) is 10.8. The number of unbranched alkanes of at least 4 members (excludes halogenated alkanes) is 10. The van der Waals surface area contributed by atoms with Crippen molar-refractivity contribution in [3.63, 3.8) is 0 Å². The summed E-state index contributed by atoms with van der Waals surface area (Å²) in [6, 6.07) is 0. The summed E-state index contributed by atoms with van der Waals surface area (Å²) in [7, 11) is 0. The van der Waals surface area contributed by atoms with Crippen LogP contribution in [0.5, 0.6) is 0 Å². The molecule has 0 amide bonds. The Morgan fingerprint density at radius 3 is 2.04 bits per heavy atom. The molecule has 4 heteroatoms. The van der Waals surface area contributed by atoms with E-state index < -0.39 is 17.9 Å². The van der Waals surface area contributed by atoms with Crippen molar-refractivity contribution in [1.82, 2.24) is 0 Å². The highest BCUT2D eigenvalue weighted by Crippen LogP contribution is 2.15. The van der Waals surface area contributed by atoms with Crippen LogP contribution in [0.2, 0.25) is 0 Å². The molecule has 0 fully saturated rings. The fourth-order valence-corrected chi connectivity index (χ4v) is 3.02. The van der Waals surface area contributed by atoms with Gasteiger partial charge in [-0.1, -0.05) is 83.1 Å². The highest BCUT2D eigenvalue weighted by atomic mass is 16.5. The monoisotopic (exact) mass is 380 g/mol. The molecule has 0 heterocycles. The van der Waals surface area contributed by atoms with Crippen molar-refractivity contribution >= 4 is 11.9 Å². The molecule has 0 aromatic carbocycles. The number of hydrogen-bond donors (Lipinski definition) is 1. The quantitative estimate of drug-likeness (QED) is 0.159. The van der Waals surface area contributed by atoms with E-state index in [4.69, 9.17) is 4.74 Å². The van der Waals surface area contributed by atoms with E-state index in [-0.39, 0.29) is 13.0 Å². The summed E-state index contributed by atoms with van der Waals surface area (Å²) < 4.78 is 4.86. The summed E-state index contributed by atoms with van der Waals surface area (Å²) in [6.45, 7) is 5.85. The lowest BCUT2D eigenvalue weighted by Crippen LogP contribution is -2.19. The Bertz CT molecular complexity index is 415. The van der Waals surface area contributed by atoms with E-state index in [0.717, 1.165) is 19.3 Å². The average molecular weight is 381 g/mol. The molecular weight excluding hydrogens is 340 g/mol. The summed E-state index contributed by atoms with van der Waals surface area (Å²) in [4.78, 5) is 22.7. The van der Waals surface area contributed by atoms with Gasteiger partial charge in [0.25, 0.3) is 0 Å². The van der Waals surface area contributed by atoms with Crippen LogP contribution < -0.4 is 0 Å². The Morgan fingerprint density at radius 2 is 1.48 bits per heavy atom. The van der Waals surface area contributed by atoms with Gasteiger partial charge < -0.3 is 9.84 Å². The molecule has 4 nitrogen and oxygen atoms in total. The van der Waals surface area contributed by atoms with Gasteiger partial charge in [0.1, 0.15) is 6.61 Å². The lowest BCUT2D eigenvalue weighted by atomic mass is 9.98. The average Bonchev–Trinajstić information content (AvgIpc) is 2.65. The van der Waals surface area contributed by atoms with Crippen molar-refractivity contribution in [3.05, 3.63) is 24.8 Å². The smallest absolute Gasteiger partial charge is 0.307 e. The van der Waals surface area contributed by atoms with Gasteiger partial charge in [-0.15, -0.1) is 0 Å². The van der Waals surface area contributed by atoms with Gasteiger partial charge in [-0.2, -0.15) is 0 Å². The number of aliphatic carboxylic acids is 1. The summed E-state index contributed by atoms with van der Waals surface area (Å²) in [5, 5.41) is 9.21. The van der Waals surface area contributed by atoms with Crippen molar-refractivity contribution in [2.45, 2.75) is 96.8 Å². The van der Waals surface area contributed by atoms with Gasteiger partial charge in [0, 0.05) is 0 Å². The molecule has 0 rings (SSSR count). The normalized spacial score (nSPS) is 12.2. The zero-order valence-electron chi connectivity index (χ0n) is 17.3. The van der Waals surface area contributed by atoms with E-state index >= 15 is 0 Å². The lowest BCUT2D eigenvalue weighted by Gasteiger charge is -2.10. The van der Waals surface area contributed by atoms with Crippen LogP contribution >= 0.6 is 0 Å². The number of carboxylic acid groups (broad SMARTS) is 1. The van der Waals surface area contributed by atoms with Crippen LogP contribution in [0.15, 0.2) is 24.8 Å². The topological polar surface area (TPSA) is 63.6 Å². The minimum Gasteiger partial charge on any atom is -0.481 e. The van der Waals surface area contributed by atoms with Crippen LogP contribution in [0.3, 0.4) is 0 Å². The highest BCUT2D eigenvalue weighted by molar-refractivity contribution is 5.78. The zero-order valence-corrected chi connectivity index (χ0v) is 17.3. The van der Waals surface area contributed by atoms with Crippen LogP contribution in [0.25, 0.3) is 0 Å². The number of carboxylic acids is 1. The van der Waals surface area contributed by atoms with Crippen molar-refractivity contribution in [1.29, 1.82) is 0 Å². The molecule has 0 saturated heterocycles. The molecule has 0 aromatic heterocycles. The Hall–Kier alpha value is -1.58. The Balaban J connectivity index is 3.61. The van der Waals surface area contributed by atoms with Gasteiger partial charge in [-0.05, 0) is 32.1 Å². The fraction of sp³-hybridized carbons (Fsp3) is 0.739. The molecule has 27 heavy (non-hydrogen) atoms. The molecule has 0 spiro atoms. The highest BCUT2D eigenvalue weighted by Gasteiger charge is 2.21. The summed E-state index contributed by atoms with van der Waals surface area (Å²) in [5.41, 5.74) is 0. The fourth-order valence-electron chi connectivity index (χ4n) is 3.02. The molecule has 0 radical (unpaired) electrons. The third-order valence-corrected chi connectivity index (χ3v) is 4.69. The first kappa shape index (κ1) is 25.4. The standard InChI is InChI=1S/C23H40O4/c1-3-5-6-7-8-9-10-11-12-13-14-15-16-17-18-21(23(25)26)20-22(24)27-19-4-2/h4,14-15,21H,2-3,5-13,16-20H2,1H3,(H,25,26)/b15-14+. The van der Waals surface area contributed by atoms with Crippen molar-refractivity contribution in [2.24, 2.45) is 5.92 Å². The Labute approximate surface area is 166 Å². The molecule has 0 aromatic rings. The second-order valence-electron chi connectivity index (χ2n) is 7.23. The minimum atomic E-state index is -0.927. The lowest BCUT2D eigenvalue weighted by molar-refractivity contribution is -0.151. The predicted octanol–water partition coefficient (Wildman–Crippen LogP) is 6.45. The zero-order chi connectivity index (χ0) is 20.2. The number of rotatable bonds is 19. The second kappa shape index (κ2) is 19.2. The van der Waals surface area contributed by atoms with Crippen LogP contribution in [0, 0.1) is 5.92 Å². The number of carbonyl (C=O) groups is 2. The number of hydrogen-bond acceptors (Lipinski definition) is 3. The van der Waals surface area contributed by atoms with Gasteiger partial charge in [0.15, 0.2) is 0 Å². The molecular formula is C23H40O4. The number of esters is 1. The maximum absolute atomic E-state index is 11.5. The van der Waals surface area contributed by atoms with Crippen molar-refractivity contribution in [3.8, 4) is 0 Å². The molecule has 1 unspecified atom stereocenters. The molecule has 0 aliphatic carbocycles. The van der Waals surface area contributed by atoms with E-state index in [1.807, 2.05) is 0 Å². The largest absolute Gasteiger partial charge is 0.481 e. The van der Waals surface area contributed by atoms with E-state index in [9.17, 15) is 14.7 Å². The van der Waals surface area contributed by atoms with Gasteiger partial charge in [0.05, 0.1) is 12.3 Å². The first-order chi connectivity index (χ1) is 13.1. The third-order valence-electron chi connectivity index (χ3n) is 4.69. The van der Waals surface area contributed by atoms with Crippen LogP contribution in [-0.4, -0.2) is 23.7 Å². The minimum absolute atomic E-state index is 0.0642. The number of allylic oxidation sites excluding steroid dienone is 2. The van der Waals surface area contributed by atoms with E-state index in [1.165, 1.54) is 63.9 Å². The van der Waals surface area contributed by atoms with Gasteiger partial charge in [0.2, 0.25) is 0 Å². The first-order valence-corrected chi connectivity index (χ1v) is 10.8. The van der Waals surface area contributed by atoms with Gasteiger partial charge in [-0.3, -0.25) is 9.59 Å². The van der Waals surface area contributed by atoms with Crippen LogP contribution in [0.4, 0.5) is 0 Å². The number of carbonyl (C=O) groups excluding carboxylic acids is 1. The summed E-state index contributed by atoms with van der Waals surface area (Å²) in [6.07, 6.45) is 21.1. The van der Waals surface area contributed by atoms with Crippen molar-refractivity contribution < 1.29 is 19.4 Å². The molecule has 1 N–H and O–H groups in total. The van der Waals surface area contributed by atoms with Crippen LogP contribution in [0.1, 0.15) is 96.8 Å². The molecule has 0 saturated carbocycles. The predicted molar refractivity (Wildman–Crippen MR) is 112 cm³/mol. The van der Waals surface area contributed by atoms with E-state index in [2.05, 4.69) is 25.7 Å². The SMILES string of the molecule is C=CCOC(=O)CC(CCC/C=C/CCCCCCCCCCC)C(=O)O. The van der Waals surface area contributed by atoms with Crippen LogP contribution in [-0.2, 0) is 14.3 Å². The second-order valence-corrected chi connectivity index (χ2v) is 7.23. The van der Waals surface area contributed by atoms with Gasteiger partial charge in [-0.25, -0.2) is 0 Å². The maximum atomic E-state index is 11.5. The summed E-state index contributed by atoms with van der Waals surface area (Å²) in [5.74, 6) is -2.06.